The van der Waals surface area contributed by atoms with Crippen LogP contribution in [0, 0.1) is 0 Å². The molecule has 10 heteroatoms. The number of rotatable bonds is 9. The van der Waals surface area contributed by atoms with Gasteiger partial charge in [-0.25, -0.2) is 4.79 Å². The zero-order valence-electron chi connectivity index (χ0n) is 15.6. The van der Waals surface area contributed by atoms with Crippen molar-refractivity contribution in [1.29, 1.82) is 0 Å². The topological polar surface area (TPSA) is 159 Å². The van der Waals surface area contributed by atoms with E-state index in [1.54, 1.807) is 24.3 Å². The van der Waals surface area contributed by atoms with Crippen molar-refractivity contribution in [3.63, 3.8) is 0 Å². The van der Waals surface area contributed by atoms with E-state index in [0.717, 1.165) is 6.08 Å². The number of hydrogen-bond acceptors (Lipinski definition) is 6. The quantitative estimate of drug-likeness (QED) is 0.356. The predicted octanol–water partition coefficient (Wildman–Crippen LogP) is 1.35. The molecule has 0 radical (unpaired) electrons. The Morgan fingerprint density at radius 3 is 1.83 bits per heavy atom. The molecule has 10 nitrogen and oxygen atoms in total. The van der Waals surface area contributed by atoms with E-state index in [1.165, 1.54) is 30.6 Å². The smallest absolute Gasteiger partial charge is 0.352 e. The summed E-state index contributed by atoms with van der Waals surface area (Å²) >= 11 is 0. The minimum Gasteiger partial charge on any atom is -0.481 e. The van der Waals surface area contributed by atoms with Crippen molar-refractivity contribution >= 4 is 23.8 Å². The molecule has 0 aliphatic carbocycles. The van der Waals surface area contributed by atoms with E-state index >= 15 is 0 Å². The van der Waals surface area contributed by atoms with Crippen LogP contribution >= 0.6 is 0 Å². The van der Waals surface area contributed by atoms with Crippen molar-refractivity contribution in [2.45, 2.75) is 12.8 Å². The van der Waals surface area contributed by atoms with Crippen molar-refractivity contribution in [3.05, 3.63) is 83.7 Å². The minimum atomic E-state index is -1.43. The number of amides is 2. The molecule has 154 valence electrons. The van der Waals surface area contributed by atoms with Crippen LogP contribution in [0.1, 0.15) is 33.8 Å². The Labute approximate surface area is 171 Å². The molecule has 0 atom stereocenters. The average molecular weight is 410 g/mol. The predicted molar refractivity (Wildman–Crippen MR) is 104 cm³/mol. The van der Waals surface area contributed by atoms with Crippen LogP contribution in [0.2, 0.25) is 0 Å². The molecule has 4 N–H and O–H groups in total. The monoisotopic (exact) mass is 410 g/mol. The van der Waals surface area contributed by atoms with E-state index < -0.39 is 29.5 Å². The lowest BCUT2D eigenvalue weighted by atomic mass is 10.2. The normalized spacial score (nSPS) is 11.5. The molecule has 2 amide bonds. The number of pyridine rings is 2. The molecule has 0 bridgehead atoms. The van der Waals surface area contributed by atoms with Crippen molar-refractivity contribution in [3.8, 4) is 0 Å². The van der Waals surface area contributed by atoms with E-state index in [1.807, 2.05) is 0 Å². The highest BCUT2D eigenvalue weighted by Crippen LogP contribution is 2.06. The van der Waals surface area contributed by atoms with Gasteiger partial charge in [0.1, 0.15) is 17.1 Å². The molecule has 0 saturated carbocycles. The fraction of sp³-hybridized carbons (Fsp3) is 0.100. The highest BCUT2D eigenvalue weighted by Gasteiger charge is 2.14. The van der Waals surface area contributed by atoms with E-state index in [-0.39, 0.29) is 29.9 Å². The number of aromatic nitrogens is 2. The standard InChI is InChI=1S/C20H18N4O6/c25-17(26)10-8-13(23-18(27)14-5-1-3-11-21-14)7-9-16(20(29)30)24-19(28)15-6-2-4-12-22-15/h1-7,9,11-12H,8,10H2,(H,23,27)(H,24,28)(H,25,26)(H,29,30)/b13-7-,16-9-. The maximum absolute atomic E-state index is 12.3. The first-order chi connectivity index (χ1) is 14.4. The molecule has 0 aliphatic rings. The van der Waals surface area contributed by atoms with Crippen molar-refractivity contribution < 1.29 is 29.4 Å². The SMILES string of the molecule is O=C(O)CC/C(=C/C=C(\NC(=O)c1ccccn1)C(=O)O)NC(=O)c1ccccn1. The second kappa shape index (κ2) is 10.9. The molecule has 0 spiro atoms. The lowest BCUT2D eigenvalue weighted by Crippen LogP contribution is -2.28. The third-order valence-corrected chi connectivity index (χ3v) is 3.61. The summed E-state index contributed by atoms with van der Waals surface area (Å²) in [5.74, 6) is -3.85. The highest BCUT2D eigenvalue weighted by molar-refractivity contribution is 5.99. The van der Waals surface area contributed by atoms with Crippen molar-refractivity contribution in [2.75, 3.05) is 0 Å². The van der Waals surface area contributed by atoms with Crippen LogP contribution in [-0.2, 0) is 9.59 Å². The number of aliphatic carboxylic acids is 2. The van der Waals surface area contributed by atoms with Gasteiger partial charge in [-0.3, -0.25) is 24.4 Å². The molecule has 0 unspecified atom stereocenters. The van der Waals surface area contributed by atoms with Gasteiger partial charge in [0.2, 0.25) is 0 Å². The number of nitrogens with one attached hydrogen (secondary N) is 2. The third-order valence-electron chi connectivity index (χ3n) is 3.61. The maximum atomic E-state index is 12.3. The second-order valence-electron chi connectivity index (χ2n) is 5.81. The Hall–Kier alpha value is -4.34. The number of hydrogen-bond donors (Lipinski definition) is 4. The van der Waals surface area contributed by atoms with Crippen LogP contribution in [0.15, 0.2) is 72.3 Å². The lowest BCUT2D eigenvalue weighted by Gasteiger charge is -2.09. The first-order valence-corrected chi connectivity index (χ1v) is 8.67. The molecule has 2 aromatic heterocycles. The van der Waals surface area contributed by atoms with Gasteiger partial charge in [0, 0.05) is 18.1 Å². The zero-order chi connectivity index (χ0) is 21.9. The molecule has 2 rings (SSSR count). The molecular formula is C20H18N4O6. The number of carboxylic acids is 2. The average Bonchev–Trinajstić information content (AvgIpc) is 2.75. The fourth-order valence-electron chi connectivity index (χ4n) is 2.17. The molecular weight excluding hydrogens is 392 g/mol. The molecule has 0 fully saturated rings. The van der Waals surface area contributed by atoms with Gasteiger partial charge in [0.15, 0.2) is 0 Å². The van der Waals surface area contributed by atoms with Crippen LogP contribution in [0.5, 0.6) is 0 Å². The molecule has 0 saturated heterocycles. The van der Waals surface area contributed by atoms with E-state index in [0.29, 0.717) is 0 Å². The second-order valence-corrected chi connectivity index (χ2v) is 5.81. The van der Waals surface area contributed by atoms with Crippen molar-refractivity contribution in [1.82, 2.24) is 20.6 Å². The van der Waals surface area contributed by atoms with Crippen LogP contribution in [0.25, 0.3) is 0 Å². The number of carboxylic acid groups (broad SMARTS) is 2. The van der Waals surface area contributed by atoms with Gasteiger partial charge in [0.05, 0.1) is 6.42 Å². The summed E-state index contributed by atoms with van der Waals surface area (Å²) < 4.78 is 0. The summed E-state index contributed by atoms with van der Waals surface area (Å²) in [6.07, 6.45) is 4.70. The summed E-state index contributed by atoms with van der Waals surface area (Å²) in [4.78, 5) is 54.5. The third kappa shape index (κ3) is 7.00. The molecule has 2 aromatic rings. The summed E-state index contributed by atoms with van der Waals surface area (Å²) in [7, 11) is 0. The van der Waals surface area contributed by atoms with E-state index in [9.17, 15) is 24.3 Å². The molecule has 2 heterocycles. The Morgan fingerprint density at radius 1 is 0.800 bits per heavy atom. The van der Waals surface area contributed by atoms with Gasteiger partial charge < -0.3 is 20.8 Å². The van der Waals surface area contributed by atoms with Crippen LogP contribution < -0.4 is 10.6 Å². The van der Waals surface area contributed by atoms with Crippen LogP contribution in [0.3, 0.4) is 0 Å². The Bertz CT molecular complexity index is 987. The number of carbonyl (C=O) groups excluding carboxylic acids is 2. The molecule has 0 aliphatic heterocycles. The lowest BCUT2D eigenvalue weighted by molar-refractivity contribution is -0.137. The largest absolute Gasteiger partial charge is 0.481 e. The van der Waals surface area contributed by atoms with Gasteiger partial charge >= 0.3 is 11.9 Å². The first-order valence-electron chi connectivity index (χ1n) is 8.67. The number of nitrogens with zero attached hydrogens (tertiary/aromatic N) is 2. The van der Waals surface area contributed by atoms with Gasteiger partial charge in [0.25, 0.3) is 11.8 Å². The summed E-state index contributed by atoms with van der Waals surface area (Å²) in [6, 6.07) is 9.30. The van der Waals surface area contributed by atoms with Gasteiger partial charge in [-0.05, 0) is 42.8 Å². The fourth-order valence-corrected chi connectivity index (χ4v) is 2.17. The number of allylic oxidation sites excluding steroid dienone is 3. The maximum Gasteiger partial charge on any atom is 0.352 e. The minimum absolute atomic E-state index is 0.0168. The van der Waals surface area contributed by atoms with Gasteiger partial charge in [-0.15, -0.1) is 0 Å². The summed E-state index contributed by atoms with van der Waals surface area (Å²) in [6.45, 7) is 0. The van der Waals surface area contributed by atoms with Gasteiger partial charge in [-0.1, -0.05) is 12.1 Å². The van der Waals surface area contributed by atoms with E-state index in [2.05, 4.69) is 20.6 Å². The summed E-state index contributed by atoms with van der Waals surface area (Å²) in [5, 5.41) is 22.9. The first kappa shape index (κ1) is 22.0. The molecule has 0 aromatic carbocycles. The van der Waals surface area contributed by atoms with Crippen LogP contribution in [0.4, 0.5) is 0 Å². The molecule has 30 heavy (non-hydrogen) atoms. The van der Waals surface area contributed by atoms with Crippen LogP contribution in [-0.4, -0.2) is 43.9 Å². The van der Waals surface area contributed by atoms with Gasteiger partial charge in [-0.2, -0.15) is 0 Å². The zero-order valence-corrected chi connectivity index (χ0v) is 15.6. The number of carbonyl (C=O) groups is 4. The Balaban J connectivity index is 2.22. The Morgan fingerprint density at radius 2 is 1.37 bits per heavy atom. The summed E-state index contributed by atoms with van der Waals surface area (Å²) in [5.41, 5.74) is -0.225. The highest BCUT2D eigenvalue weighted by atomic mass is 16.4. The van der Waals surface area contributed by atoms with Crippen molar-refractivity contribution in [2.24, 2.45) is 0 Å². The van der Waals surface area contributed by atoms with E-state index in [4.69, 9.17) is 5.11 Å². The Kier molecular flexibility index (Phi) is 7.94.